The van der Waals surface area contributed by atoms with E-state index in [1.54, 1.807) is 42.8 Å². The molecule has 0 bridgehead atoms. The number of carbonyl (C=O) groups excluding carboxylic acids is 4. The minimum Gasteiger partial charge on any atom is -0.295 e. The summed E-state index contributed by atoms with van der Waals surface area (Å²) in [4.78, 5) is 46.8. The van der Waals surface area contributed by atoms with Crippen LogP contribution in [0.1, 0.15) is 80.3 Å². The van der Waals surface area contributed by atoms with Crippen LogP contribution in [-0.4, -0.2) is 23.1 Å². The Hall–Kier alpha value is -2.88. The highest BCUT2D eigenvalue weighted by atomic mass is 16.1. The van der Waals surface area contributed by atoms with Crippen molar-refractivity contribution >= 4 is 23.1 Å². The summed E-state index contributed by atoms with van der Waals surface area (Å²) in [7, 11) is 0. The fraction of sp³-hybridized carbons (Fsp3) is 0.190. The molecule has 127 valence electrons. The molecule has 0 unspecified atom stereocenters. The number of hydrogen-bond acceptors (Lipinski definition) is 4. The van der Waals surface area contributed by atoms with Gasteiger partial charge >= 0.3 is 0 Å². The van der Waals surface area contributed by atoms with E-state index in [2.05, 4.69) is 0 Å². The van der Waals surface area contributed by atoms with E-state index in [1.165, 1.54) is 27.7 Å². The van der Waals surface area contributed by atoms with Crippen molar-refractivity contribution < 1.29 is 19.2 Å². The summed E-state index contributed by atoms with van der Waals surface area (Å²) in [6.45, 7) is 5.75. The Labute approximate surface area is 146 Å². The normalized spacial score (nSPS) is 10.4. The molecule has 2 rings (SSSR count). The summed E-state index contributed by atoms with van der Waals surface area (Å²) in [5.74, 6) is -0.557. The van der Waals surface area contributed by atoms with Crippen molar-refractivity contribution in [3.8, 4) is 0 Å². The van der Waals surface area contributed by atoms with Crippen molar-refractivity contribution in [2.45, 2.75) is 27.7 Å². The van der Waals surface area contributed by atoms with E-state index in [-0.39, 0.29) is 23.1 Å². The third-order valence-corrected chi connectivity index (χ3v) is 3.87. The first-order valence-electron chi connectivity index (χ1n) is 7.86. The molecule has 0 saturated carbocycles. The second kappa shape index (κ2) is 7.34. The topological polar surface area (TPSA) is 68.3 Å². The average Bonchev–Trinajstić information content (AvgIpc) is 2.53. The van der Waals surface area contributed by atoms with Gasteiger partial charge in [-0.1, -0.05) is 0 Å². The monoisotopic (exact) mass is 335 g/mol. The lowest BCUT2D eigenvalue weighted by Gasteiger charge is -2.09. The smallest absolute Gasteiger partial charge is 0.159 e. The van der Waals surface area contributed by atoms with E-state index >= 15 is 0 Å². The van der Waals surface area contributed by atoms with Crippen LogP contribution in [-0.2, 0) is 0 Å². The Morgan fingerprint density at radius 1 is 0.520 bits per heavy atom. The van der Waals surface area contributed by atoms with Gasteiger partial charge in [-0.2, -0.15) is 0 Å². The zero-order valence-corrected chi connectivity index (χ0v) is 14.7. The van der Waals surface area contributed by atoms with E-state index in [0.717, 1.165) is 0 Å². The molecule has 0 amide bonds. The fourth-order valence-electron chi connectivity index (χ4n) is 2.48. The molecule has 25 heavy (non-hydrogen) atoms. The highest BCUT2D eigenvalue weighted by Gasteiger charge is 2.12. The van der Waals surface area contributed by atoms with Gasteiger partial charge in [0.25, 0.3) is 0 Å². The molecule has 4 nitrogen and oxygen atoms in total. The maximum Gasteiger partial charge on any atom is 0.159 e. The standard InChI is InChI=1S/C21H19O4/c1-12(22)18-6-16(7-19(10-18)13(2)23)5-17-8-20(14(3)24)11-21(9-17)15(4)25/h5-11H,1-4H3. The van der Waals surface area contributed by atoms with Crippen LogP contribution in [0.5, 0.6) is 0 Å². The third kappa shape index (κ3) is 4.57. The zero-order valence-electron chi connectivity index (χ0n) is 14.7. The number of Topliss-reactive ketones (excluding diaryl/α,β-unsaturated/α-hetero) is 4. The van der Waals surface area contributed by atoms with Crippen LogP contribution in [0.2, 0.25) is 0 Å². The molecule has 2 aromatic carbocycles. The van der Waals surface area contributed by atoms with Crippen molar-refractivity contribution in [2.24, 2.45) is 0 Å². The van der Waals surface area contributed by atoms with Crippen LogP contribution in [0.4, 0.5) is 0 Å². The predicted molar refractivity (Wildman–Crippen MR) is 95.4 cm³/mol. The zero-order chi connectivity index (χ0) is 18.7. The Morgan fingerprint density at radius 2 is 0.760 bits per heavy atom. The van der Waals surface area contributed by atoms with Crippen molar-refractivity contribution in [1.82, 2.24) is 0 Å². The minimum atomic E-state index is -0.139. The van der Waals surface area contributed by atoms with Gasteiger partial charge in [0.15, 0.2) is 23.1 Å². The molecular weight excluding hydrogens is 316 g/mol. The second-order valence-electron chi connectivity index (χ2n) is 6.06. The first kappa shape index (κ1) is 18.5. The van der Waals surface area contributed by atoms with Crippen LogP contribution in [0.15, 0.2) is 36.4 Å². The summed E-state index contributed by atoms with van der Waals surface area (Å²) in [6, 6.07) is 9.86. The lowest BCUT2D eigenvalue weighted by atomic mass is 9.94. The molecule has 0 atom stereocenters. The van der Waals surface area contributed by atoms with Gasteiger partial charge in [-0.3, -0.25) is 19.2 Å². The largest absolute Gasteiger partial charge is 0.295 e. The van der Waals surface area contributed by atoms with E-state index in [9.17, 15) is 19.2 Å². The molecule has 0 aliphatic carbocycles. The number of carbonyl (C=O) groups is 4. The van der Waals surface area contributed by atoms with Crippen LogP contribution in [0, 0.1) is 6.42 Å². The second-order valence-corrected chi connectivity index (χ2v) is 6.06. The summed E-state index contributed by atoms with van der Waals surface area (Å²) in [5.41, 5.74) is 3.07. The molecule has 0 aromatic heterocycles. The molecule has 0 N–H and O–H groups in total. The van der Waals surface area contributed by atoms with Gasteiger partial charge in [0.1, 0.15) is 0 Å². The summed E-state index contributed by atoms with van der Waals surface area (Å²) >= 11 is 0. The Bertz CT molecular complexity index is 753. The molecule has 0 aliphatic heterocycles. The molecule has 0 saturated heterocycles. The molecule has 0 fully saturated rings. The Kier molecular flexibility index (Phi) is 5.42. The SMILES string of the molecule is CC(=O)c1cc([CH]c2cc(C(C)=O)cc(C(C)=O)c2)cc(C(C)=O)c1. The summed E-state index contributed by atoms with van der Waals surface area (Å²) < 4.78 is 0. The predicted octanol–water partition coefficient (Wildman–Crippen LogP) is 4.10. The van der Waals surface area contributed by atoms with Crippen molar-refractivity contribution in [2.75, 3.05) is 0 Å². The van der Waals surface area contributed by atoms with Crippen molar-refractivity contribution in [3.63, 3.8) is 0 Å². The van der Waals surface area contributed by atoms with Gasteiger partial charge in [-0.15, -0.1) is 0 Å². The maximum absolute atomic E-state index is 11.7. The first-order chi connectivity index (χ1) is 11.7. The van der Waals surface area contributed by atoms with Gasteiger partial charge in [0, 0.05) is 28.7 Å². The molecule has 0 spiro atoms. The van der Waals surface area contributed by atoms with E-state index < -0.39 is 0 Å². The van der Waals surface area contributed by atoms with Crippen LogP contribution >= 0.6 is 0 Å². The lowest BCUT2D eigenvalue weighted by Crippen LogP contribution is -2.03. The Morgan fingerprint density at radius 3 is 0.960 bits per heavy atom. The molecule has 2 aromatic rings. The van der Waals surface area contributed by atoms with Crippen molar-refractivity contribution in [3.05, 3.63) is 76.2 Å². The van der Waals surface area contributed by atoms with Crippen LogP contribution in [0.3, 0.4) is 0 Å². The molecular formula is C21H19O4. The number of ketones is 4. The molecule has 4 heteroatoms. The highest BCUT2D eigenvalue weighted by molar-refractivity contribution is 6.01. The fourth-order valence-corrected chi connectivity index (χ4v) is 2.48. The van der Waals surface area contributed by atoms with Gasteiger partial charge in [0.05, 0.1) is 0 Å². The minimum absolute atomic E-state index is 0.139. The number of hydrogen-bond donors (Lipinski definition) is 0. The summed E-state index contributed by atoms with van der Waals surface area (Å²) in [6.07, 6.45) is 1.75. The van der Waals surface area contributed by atoms with Crippen molar-refractivity contribution in [1.29, 1.82) is 0 Å². The van der Waals surface area contributed by atoms with Gasteiger partial charge in [-0.05, 0) is 75.2 Å². The lowest BCUT2D eigenvalue weighted by molar-refractivity contribution is 0.0998. The number of benzene rings is 2. The average molecular weight is 335 g/mol. The van der Waals surface area contributed by atoms with Crippen LogP contribution < -0.4 is 0 Å². The van der Waals surface area contributed by atoms with E-state index in [4.69, 9.17) is 0 Å². The van der Waals surface area contributed by atoms with E-state index in [1.807, 2.05) is 0 Å². The number of rotatable bonds is 6. The highest BCUT2D eigenvalue weighted by Crippen LogP contribution is 2.20. The quantitative estimate of drug-likeness (QED) is 0.745. The Balaban J connectivity index is 2.51. The van der Waals surface area contributed by atoms with Gasteiger partial charge in [0.2, 0.25) is 0 Å². The molecule has 0 aliphatic rings. The maximum atomic E-state index is 11.7. The van der Waals surface area contributed by atoms with Crippen LogP contribution in [0.25, 0.3) is 0 Å². The first-order valence-corrected chi connectivity index (χ1v) is 7.86. The van der Waals surface area contributed by atoms with Gasteiger partial charge in [-0.25, -0.2) is 0 Å². The molecule has 0 heterocycles. The molecule has 1 radical (unpaired) electrons. The van der Waals surface area contributed by atoms with E-state index in [0.29, 0.717) is 33.4 Å². The summed E-state index contributed by atoms with van der Waals surface area (Å²) in [5, 5.41) is 0. The third-order valence-electron chi connectivity index (χ3n) is 3.87. The van der Waals surface area contributed by atoms with Gasteiger partial charge < -0.3 is 0 Å².